The largest absolute Gasteiger partial charge is 0.260 e. The summed E-state index contributed by atoms with van der Waals surface area (Å²) in [5, 5.41) is 0. The first-order valence-electron chi connectivity index (χ1n) is 9.80. The quantitative estimate of drug-likeness (QED) is 0.307. The molecule has 0 N–H and O–H groups in total. The van der Waals surface area contributed by atoms with E-state index in [1.54, 1.807) is 0 Å². The minimum absolute atomic E-state index is 0.282. The van der Waals surface area contributed by atoms with Gasteiger partial charge < -0.3 is 0 Å². The molecule has 0 radical (unpaired) electrons. The monoisotopic (exact) mass is 430 g/mol. The second-order valence-electron chi connectivity index (χ2n) is 6.45. The maximum atomic E-state index is 12.1. The average Bonchev–Trinajstić information content (AvgIpc) is 2.61. The summed E-state index contributed by atoms with van der Waals surface area (Å²) >= 11 is 0. The summed E-state index contributed by atoms with van der Waals surface area (Å²) in [5.41, 5.74) is 0. The molecule has 0 bridgehead atoms. The Kier molecular flexibility index (Phi) is 18.9. The van der Waals surface area contributed by atoms with E-state index in [-0.39, 0.29) is 7.92 Å². The van der Waals surface area contributed by atoms with Gasteiger partial charge in [-0.05, 0) is 37.7 Å². The van der Waals surface area contributed by atoms with E-state index in [1.807, 2.05) is 0 Å². The number of hydrogen-bond donors (Lipinski definition) is 0. The first-order valence-corrected chi connectivity index (χ1v) is 16.2. The molecule has 0 aliphatic heterocycles. The van der Waals surface area contributed by atoms with Crippen LogP contribution in [-0.4, -0.2) is 65.6 Å². The Bertz CT molecular complexity index is 335. The zero-order valence-electron chi connectivity index (χ0n) is 16.5. The Morgan fingerprint density at radius 2 is 0.800 bits per heavy atom. The van der Waals surface area contributed by atoms with Gasteiger partial charge in [0.2, 0.25) is 0 Å². The topological polar surface area (TPSA) is 51.2 Å². The van der Waals surface area contributed by atoms with Crippen LogP contribution in [0.5, 0.6) is 0 Å². The van der Waals surface area contributed by atoms with Crippen molar-refractivity contribution in [2.75, 3.05) is 53.0 Å². The van der Waals surface area contributed by atoms with E-state index >= 15 is 0 Å². The summed E-state index contributed by atoms with van der Waals surface area (Å²) in [6, 6.07) is 0. The summed E-state index contributed by atoms with van der Waals surface area (Å²) in [6.07, 6.45) is 9.34. The Labute approximate surface area is 165 Å². The van der Waals surface area contributed by atoms with Gasteiger partial charge in [0.25, 0.3) is 0 Å². The molecular formula is C18H39O3PS3. The van der Waals surface area contributed by atoms with Crippen LogP contribution in [-0.2, 0) is 32.4 Å². The third-order valence-electron chi connectivity index (χ3n) is 4.08. The van der Waals surface area contributed by atoms with Gasteiger partial charge >= 0.3 is 0 Å². The molecule has 0 rings (SSSR count). The van der Waals surface area contributed by atoms with Gasteiger partial charge in [-0.1, -0.05) is 40.0 Å². The van der Waals surface area contributed by atoms with E-state index in [0.717, 1.165) is 91.5 Å². The van der Waals surface area contributed by atoms with E-state index in [9.17, 15) is 12.6 Å². The standard InChI is InChI=1S/C18H39O3PS3/c1-4-7-13-23(19)16-10-22(11-17-24(20)14-8-5-2)12-18-25(21)15-9-6-3/h4-18H2,1-3H3. The van der Waals surface area contributed by atoms with E-state index < -0.39 is 32.4 Å². The SMILES string of the molecule is CCCCS(=O)CCP(CCS(=O)CCCC)CCS(=O)CCCC. The van der Waals surface area contributed by atoms with Crippen molar-refractivity contribution in [3.8, 4) is 0 Å². The van der Waals surface area contributed by atoms with Crippen LogP contribution in [0.1, 0.15) is 59.3 Å². The highest BCUT2D eigenvalue weighted by Gasteiger charge is 2.13. The van der Waals surface area contributed by atoms with Crippen molar-refractivity contribution in [3.63, 3.8) is 0 Å². The normalized spacial score (nSPS) is 16.4. The van der Waals surface area contributed by atoms with Gasteiger partial charge in [0.1, 0.15) is 0 Å². The maximum Gasteiger partial charge on any atom is 0.0274 e. The van der Waals surface area contributed by atoms with E-state index in [1.165, 1.54) is 0 Å². The van der Waals surface area contributed by atoms with E-state index in [0.29, 0.717) is 0 Å². The summed E-state index contributed by atoms with van der Waals surface area (Å²) < 4.78 is 36.2. The molecule has 0 aromatic rings. The average molecular weight is 431 g/mol. The van der Waals surface area contributed by atoms with Crippen molar-refractivity contribution in [3.05, 3.63) is 0 Å². The minimum atomic E-state index is -0.714. The predicted molar refractivity (Wildman–Crippen MR) is 120 cm³/mol. The van der Waals surface area contributed by atoms with Gasteiger partial charge in [-0.15, -0.1) is 7.92 Å². The fraction of sp³-hybridized carbons (Fsp3) is 1.00. The van der Waals surface area contributed by atoms with Crippen LogP contribution in [0.3, 0.4) is 0 Å². The lowest BCUT2D eigenvalue weighted by atomic mass is 10.4. The first-order chi connectivity index (χ1) is 12.0. The zero-order valence-corrected chi connectivity index (χ0v) is 19.8. The highest BCUT2D eigenvalue weighted by atomic mass is 32.2. The number of unbranched alkanes of at least 4 members (excludes halogenated alkanes) is 3. The molecular weight excluding hydrogens is 391 g/mol. The van der Waals surface area contributed by atoms with Gasteiger partial charge in [-0.3, -0.25) is 12.6 Å². The van der Waals surface area contributed by atoms with Crippen molar-refractivity contribution in [1.29, 1.82) is 0 Å². The summed E-state index contributed by atoms with van der Waals surface area (Å²) in [6.45, 7) is 6.38. The van der Waals surface area contributed by atoms with E-state index in [4.69, 9.17) is 0 Å². The molecule has 0 aromatic heterocycles. The second-order valence-corrected chi connectivity index (χ2v) is 14.2. The fourth-order valence-corrected chi connectivity index (χ4v) is 10.9. The maximum absolute atomic E-state index is 12.1. The van der Waals surface area contributed by atoms with Crippen molar-refractivity contribution >= 4 is 40.3 Å². The van der Waals surface area contributed by atoms with Crippen LogP contribution in [0, 0.1) is 0 Å². The van der Waals surface area contributed by atoms with Crippen LogP contribution < -0.4 is 0 Å². The molecule has 0 aromatic carbocycles. The van der Waals surface area contributed by atoms with Gasteiger partial charge in [0.15, 0.2) is 0 Å². The molecule has 0 spiro atoms. The van der Waals surface area contributed by atoms with Crippen molar-refractivity contribution in [1.82, 2.24) is 0 Å². The van der Waals surface area contributed by atoms with Crippen LogP contribution in [0.25, 0.3) is 0 Å². The lowest BCUT2D eigenvalue weighted by Gasteiger charge is -2.17. The molecule has 25 heavy (non-hydrogen) atoms. The van der Waals surface area contributed by atoms with Crippen LogP contribution in [0.4, 0.5) is 0 Å². The molecule has 0 saturated heterocycles. The zero-order chi connectivity index (χ0) is 18.9. The number of hydrogen-bond acceptors (Lipinski definition) is 3. The lowest BCUT2D eigenvalue weighted by molar-refractivity contribution is 0.680. The molecule has 3 nitrogen and oxygen atoms in total. The third kappa shape index (κ3) is 16.8. The minimum Gasteiger partial charge on any atom is -0.260 e. The summed E-state index contributed by atoms with van der Waals surface area (Å²) in [7, 11) is -2.42. The Morgan fingerprint density at radius 3 is 1.04 bits per heavy atom. The smallest absolute Gasteiger partial charge is 0.0274 e. The van der Waals surface area contributed by atoms with Gasteiger partial charge in [-0.25, -0.2) is 0 Å². The fourth-order valence-electron chi connectivity index (χ4n) is 2.25. The molecule has 152 valence electrons. The lowest BCUT2D eigenvalue weighted by Crippen LogP contribution is -2.14. The second kappa shape index (κ2) is 18.3. The highest BCUT2D eigenvalue weighted by molar-refractivity contribution is 7.86. The molecule has 0 amide bonds. The Balaban J connectivity index is 4.31. The van der Waals surface area contributed by atoms with Crippen LogP contribution in [0.15, 0.2) is 0 Å². The molecule has 7 heteroatoms. The van der Waals surface area contributed by atoms with Gasteiger partial charge in [-0.2, -0.15) is 0 Å². The molecule has 3 atom stereocenters. The van der Waals surface area contributed by atoms with Crippen LogP contribution >= 0.6 is 7.92 Å². The van der Waals surface area contributed by atoms with E-state index in [2.05, 4.69) is 20.8 Å². The Morgan fingerprint density at radius 1 is 0.520 bits per heavy atom. The van der Waals surface area contributed by atoms with Crippen LogP contribution in [0.2, 0.25) is 0 Å². The molecule has 3 unspecified atom stereocenters. The molecule has 0 aliphatic rings. The number of rotatable bonds is 18. The predicted octanol–water partition coefficient (Wildman–Crippen LogP) is 4.11. The molecule has 0 saturated carbocycles. The highest BCUT2D eigenvalue weighted by Crippen LogP contribution is 2.35. The molecule has 0 aliphatic carbocycles. The van der Waals surface area contributed by atoms with Gasteiger partial charge in [0, 0.05) is 66.9 Å². The van der Waals surface area contributed by atoms with Crippen molar-refractivity contribution < 1.29 is 12.6 Å². The summed E-state index contributed by atoms with van der Waals surface area (Å²) in [4.78, 5) is 0. The molecule has 0 fully saturated rings. The Hall–Kier alpha value is 0.880. The third-order valence-corrected chi connectivity index (χ3v) is 11.8. The summed E-state index contributed by atoms with van der Waals surface area (Å²) in [5.74, 6) is 4.75. The van der Waals surface area contributed by atoms with Gasteiger partial charge in [0.05, 0.1) is 0 Å². The van der Waals surface area contributed by atoms with Crippen molar-refractivity contribution in [2.24, 2.45) is 0 Å². The molecule has 0 heterocycles. The first kappa shape index (κ1) is 25.9. The van der Waals surface area contributed by atoms with Crippen molar-refractivity contribution in [2.45, 2.75) is 59.3 Å².